The molecule has 0 aliphatic heterocycles. The number of hydrogen-bond acceptors (Lipinski definition) is 4. The van der Waals surface area contributed by atoms with E-state index in [0.717, 1.165) is 0 Å². The van der Waals surface area contributed by atoms with Crippen molar-refractivity contribution in [2.45, 2.75) is 0 Å². The molecule has 4 nitrogen and oxygen atoms in total. The molecular weight excluding hydrogens is 411 g/mol. The molecule has 0 spiro atoms. The molecule has 1 rings (SSSR count). The standard InChI is InChI=1S/C6H6B2I2O4/c9-5-1-3(7(11)12)6(10)2-4(5)8(13)14/h1-2,11-14H. The van der Waals surface area contributed by atoms with Crippen LogP contribution >= 0.6 is 45.2 Å². The van der Waals surface area contributed by atoms with Gasteiger partial charge in [0.25, 0.3) is 0 Å². The van der Waals surface area contributed by atoms with Crippen molar-refractivity contribution in [2.75, 3.05) is 0 Å². The molecule has 0 aromatic heterocycles. The maximum atomic E-state index is 8.98. The van der Waals surface area contributed by atoms with Crippen molar-refractivity contribution in [3.05, 3.63) is 19.3 Å². The molecule has 0 aliphatic rings. The van der Waals surface area contributed by atoms with E-state index in [9.17, 15) is 0 Å². The van der Waals surface area contributed by atoms with Crippen molar-refractivity contribution in [2.24, 2.45) is 0 Å². The zero-order chi connectivity index (χ0) is 10.9. The highest BCUT2D eigenvalue weighted by Crippen LogP contribution is 2.06. The van der Waals surface area contributed by atoms with Crippen molar-refractivity contribution in [3.63, 3.8) is 0 Å². The molecule has 0 bridgehead atoms. The first kappa shape index (κ1) is 12.7. The minimum Gasteiger partial charge on any atom is -0.423 e. The Balaban J connectivity index is 3.24. The molecule has 0 aliphatic carbocycles. The Morgan fingerprint density at radius 3 is 1.29 bits per heavy atom. The molecule has 4 N–H and O–H groups in total. The van der Waals surface area contributed by atoms with Crippen LogP contribution in [0, 0.1) is 7.14 Å². The topological polar surface area (TPSA) is 80.9 Å². The molecule has 0 saturated carbocycles. The van der Waals surface area contributed by atoms with Crippen LogP contribution in [0.1, 0.15) is 0 Å². The predicted octanol–water partition coefficient (Wildman–Crippen LogP) is -1.74. The number of rotatable bonds is 2. The van der Waals surface area contributed by atoms with Crippen LogP contribution in [0.5, 0.6) is 0 Å². The third kappa shape index (κ3) is 2.83. The lowest BCUT2D eigenvalue weighted by atomic mass is 9.75. The highest BCUT2D eigenvalue weighted by atomic mass is 127. The third-order valence-corrected chi connectivity index (χ3v) is 3.54. The molecule has 14 heavy (non-hydrogen) atoms. The Bertz CT molecular complexity index is 311. The first-order valence-corrected chi connectivity index (χ1v) is 5.80. The van der Waals surface area contributed by atoms with E-state index in [2.05, 4.69) is 0 Å². The van der Waals surface area contributed by atoms with Crippen LogP contribution in [0.3, 0.4) is 0 Å². The van der Waals surface area contributed by atoms with Gasteiger partial charge in [0.1, 0.15) is 0 Å². The van der Waals surface area contributed by atoms with Crippen molar-refractivity contribution >= 4 is 70.3 Å². The molecule has 0 heterocycles. The third-order valence-electron chi connectivity index (χ3n) is 1.67. The van der Waals surface area contributed by atoms with Crippen LogP contribution in [0.15, 0.2) is 12.1 Å². The normalized spacial score (nSPS) is 10.1. The molecule has 0 amide bonds. The van der Waals surface area contributed by atoms with Crippen LogP contribution < -0.4 is 10.9 Å². The summed E-state index contributed by atoms with van der Waals surface area (Å²) < 4.78 is 1.17. The monoisotopic (exact) mass is 418 g/mol. The Kier molecular flexibility index (Phi) is 4.65. The second kappa shape index (κ2) is 5.12. The van der Waals surface area contributed by atoms with Gasteiger partial charge < -0.3 is 20.1 Å². The molecule has 1 aromatic carbocycles. The Morgan fingerprint density at radius 1 is 0.786 bits per heavy atom. The fourth-order valence-corrected chi connectivity index (χ4v) is 2.51. The molecule has 1 aromatic rings. The van der Waals surface area contributed by atoms with E-state index in [1.807, 2.05) is 45.2 Å². The SMILES string of the molecule is OB(O)c1cc(I)c(B(O)O)cc1I. The van der Waals surface area contributed by atoms with Gasteiger partial charge in [0.05, 0.1) is 0 Å². The quantitative estimate of drug-likeness (QED) is 0.340. The Hall–Kier alpha value is 0.650. The first-order valence-electron chi connectivity index (χ1n) is 3.64. The van der Waals surface area contributed by atoms with Crippen LogP contribution in [0.25, 0.3) is 0 Å². The van der Waals surface area contributed by atoms with E-state index >= 15 is 0 Å². The lowest BCUT2D eigenvalue weighted by Gasteiger charge is -2.08. The van der Waals surface area contributed by atoms with Crippen LogP contribution in [-0.2, 0) is 0 Å². The van der Waals surface area contributed by atoms with Gasteiger partial charge in [-0.2, -0.15) is 0 Å². The number of halogens is 2. The lowest BCUT2D eigenvalue weighted by Crippen LogP contribution is -2.39. The van der Waals surface area contributed by atoms with Gasteiger partial charge in [0.15, 0.2) is 0 Å². The second-order valence-corrected chi connectivity index (χ2v) is 4.97. The van der Waals surface area contributed by atoms with E-state index in [1.165, 1.54) is 12.1 Å². The van der Waals surface area contributed by atoms with Gasteiger partial charge in [-0.25, -0.2) is 0 Å². The van der Waals surface area contributed by atoms with Gasteiger partial charge in [-0.3, -0.25) is 0 Å². The van der Waals surface area contributed by atoms with Gasteiger partial charge >= 0.3 is 14.2 Å². The van der Waals surface area contributed by atoms with Crippen LogP contribution in [-0.4, -0.2) is 34.3 Å². The maximum Gasteiger partial charge on any atom is 0.489 e. The summed E-state index contributed by atoms with van der Waals surface area (Å²) in [4.78, 5) is 0. The van der Waals surface area contributed by atoms with Crippen molar-refractivity contribution in [1.29, 1.82) is 0 Å². The van der Waals surface area contributed by atoms with E-state index in [1.54, 1.807) is 0 Å². The van der Waals surface area contributed by atoms with Gasteiger partial charge in [-0.15, -0.1) is 0 Å². The lowest BCUT2D eigenvalue weighted by molar-refractivity contribution is 0.423. The highest BCUT2D eigenvalue weighted by Gasteiger charge is 2.21. The number of benzene rings is 1. The molecule has 0 unspecified atom stereocenters. The van der Waals surface area contributed by atoms with Crippen molar-refractivity contribution in [1.82, 2.24) is 0 Å². The summed E-state index contributed by atoms with van der Waals surface area (Å²) in [6, 6.07) is 3.03. The van der Waals surface area contributed by atoms with Crippen LogP contribution in [0.2, 0.25) is 0 Å². The average molecular weight is 418 g/mol. The van der Waals surface area contributed by atoms with Crippen LogP contribution in [0.4, 0.5) is 0 Å². The largest absolute Gasteiger partial charge is 0.489 e. The maximum absolute atomic E-state index is 8.98. The second-order valence-electron chi connectivity index (χ2n) is 2.64. The Morgan fingerprint density at radius 2 is 1.07 bits per heavy atom. The minimum absolute atomic E-state index is 0.361. The average Bonchev–Trinajstić information content (AvgIpc) is 2.07. The summed E-state index contributed by atoms with van der Waals surface area (Å²) in [5, 5.41) is 35.9. The van der Waals surface area contributed by atoms with E-state index in [0.29, 0.717) is 18.1 Å². The summed E-state index contributed by atoms with van der Waals surface area (Å²) in [6.07, 6.45) is 0. The van der Waals surface area contributed by atoms with E-state index in [-0.39, 0.29) is 0 Å². The number of hydrogen-bond donors (Lipinski definition) is 4. The molecular formula is C6H6B2I2O4. The molecule has 0 fully saturated rings. The predicted molar refractivity (Wildman–Crippen MR) is 71.5 cm³/mol. The molecule has 0 atom stereocenters. The highest BCUT2D eigenvalue weighted by molar-refractivity contribution is 14.1. The summed E-state index contributed by atoms with van der Waals surface area (Å²) in [7, 11) is -3.08. The van der Waals surface area contributed by atoms with Crippen molar-refractivity contribution < 1.29 is 20.1 Å². The molecule has 0 saturated heterocycles. The van der Waals surface area contributed by atoms with E-state index < -0.39 is 14.2 Å². The minimum atomic E-state index is -1.54. The zero-order valence-corrected chi connectivity index (χ0v) is 11.2. The molecule has 8 heteroatoms. The fraction of sp³-hybridized carbons (Fsp3) is 0. The molecule has 74 valence electrons. The Labute approximate surface area is 109 Å². The van der Waals surface area contributed by atoms with Gasteiger partial charge in [-0.05, 0) is 68.2 Å². The van der Waals surface area contributed by atoms with Gasteiger partial charge in [0.2, 0.25) is 0 Å². The van der Waals surface area contributed by atoms with Gasteiger partial charge in [-0.1, -0.05) is 0 Å². The van der Waals surface area contributed by atoms with Gasteiger partial charge in [0, 0.05) is 7.14 Å². The zero-order valence-electron chi connectivity index (χ0n) is 6.85. The summed E-state index contributed by atoms with van der Waals surface area (Å²) in [5.41, 5.74) is 0.721. The summed E-state index contributed by atoms with van der Waals surface area (Å²) >= 11 is 3.81. The fourth-order valence-electron chi connectivity index (χ4n) is 0.973. The first-order chi connectivity index (χ1) is 6.43. The summed E-state index contributed by atoms with van der Waals surface area (Å²) in [6.45, 7) is 0. The molecule has 0 radical (unpaired) electrons. The summed E-state index contributed by atoms with van der Waals surface area (Å²) in [5.74, 6) is 0. The smallest absolute Gasteiger partial charge is 0.423 e. The van der Waals surface area contributed by atoms with Crippen molar-refractivity contribution in [3.8, 4) is 0 Å². The van der Waals surface area contributed by atoms with E-state index in [4.69, 9.17) is 20.1 Å².